The molecule has 1 rings (SSSR count). The number of carbonyl (C=O) groups is 1. The van der Waals surface area contributed by atoms with E-state index in [4.69, 9.17) is 0 Å². The molecule has 0 aliphatic carbocycles. The summed E-state index contributed by atoms with van der Waals surface area (Å²) in [4.78, 5) is 13.3. The molecule has 1 unspecified atom stereocenters. The Morgan fingerprint density at radius 2 is 2.36 bits per heavy atom. The third-order valence-electron chi connectivity index (χ3n) is 2.82. The third kappa shape index (κ3) is 3.64. The van der Waals surface area contributed by atoms with Gasteiger partial charge in [0, 0.05) is 19.6 Å². The molecule has 0 saturated carbocycles. The molecule has 0 aromatic rings. The van der Waals surface area contributed by atoms with Crippen LogP contribution in [0.1, 0.15) is 19.3 Å². The predicted molar refractivity (Wildman–Crippen MR) is 57.2 cm³/mol. The van der Waals surface area contributed by atoms with Gasteiger partial charge in [0.15, 0.2) is 0 Å². The molecule has 14 heavy (non-hydrogen) atoms. The average molecular weight is 199 g/mol. The molecule has 2 N–H and O–H groups in total. The lowest BCUT2D eigenvalue weighted by Crippen LogP contribution is -2.43. The van der Waals surface area contributed by atoms with Gasteiger partial charge in [-0.2, -0.15) is 0 Å². The number of nitrogens with one attached hydrogen (secondary N) is 2. The Kier molecular flexibility index (Phi) is 4.90. The summed E-state index contributed by atoms with van der Waals surface area (Å²) in [5, 5.41) is 6.05. The maximum Gasteiger partial charge on any atom is 0.233 e. The van der Waals surface area contributed by atoms with Crippen LogP contribution >= 0.6 is 0 Å². The standard InChI is InChI=1S/C10H21N3O/c1-11-10(14)8-13(2)9-5-3-4-6-12-7-9/h9,12H,3-8H2,1-2H3,(H,11,14). The maximum atomic E-state index is 11.2. The zero-order valence-electron chi connectivity index (χ0n) is 9.18. The van der Waals surface area contributed by atoms with Crippen molar-refractivity contribution in [1.82, 2.24) is 15.5 Å². The largest absolute Gasteiger partial charge is 0.358 e. The Bertz CT molecular complexity index is 176. The summed E-state index contributed by atoms with van der Waals surface area (Å²) in [5.41, 5.74) is 0. The Balaban J connectivity index is 2.33. The van der Waals surface area contributed by atoms with Crippen LogP contribution in [0.4, 0.5) is 0 Å². The third-order valence-corrected chi connectivity index (χ3v) is 2.82. The van der Waals surface area contributed by atoms with Crippen molar-refractivity contribution >= 4 is 5.91 Å². The molecule has 1 heterocycles. The molecular weight excluding hydrogens is 178 g/mol. The van der Waals surface area contributed by atoms with E-state index in [1.807, 2.05) is 7.05 Å². The lowest BCUT2D eigenvalue weighted by atomic mass is 10.1. The van der Waals surface area contributed by atoms with Crippen molar-refractivity contribution in [2.75, 3.05) is 33.7 Å². The lowest BCUT2D eigenvalue weighted by Gasteiger charge is -2.25. The van der Waals surface area contributed by atoms with Gasteiger partial charge in [-0.05, 0) is 26.4 Å². The first-order chi connectivity index (χ1) is 6.74. The average Bonchev–Trinajstić information content (AvgIpc) is 2.45. The molecule has 0 bridgehead atoms. The van der Waals surface area contributed by atoms with Crippen LogP contribution in [0.25, 0.3) is 0 Å². The van der Waals surface area contributed by atoms with Crippen LogP contribution in [0.5, 0.6) is 0 Å². The normalized spacial score (nSPS) is 23.2. The highest BCUT2D eigenvalue weighted by Crippen LogP contribution is 2.09. The minimum atomic E-state index is 0.0942. The first kappa shape index (κ1) is 11.5. The van der Waals surface area contributed by atoms with Crippen LogP contribution < -0.4 is 10.6 Å². The van der Waals surface area contributed by atoms with E-state index in [0.717, 1.165) is 13.1 Å². The fourth-order valence-corrected chi connectivity index (χ4v) is 1.81. The maximum absolute atomic E-state index is 11.2. The van der Waals surface area contributed by atoms with Crippen LogP contribution in [0.2, 0.25) is 0 Å². The van der Waals surface area contributed by atoms with Gasteiger partial charge in [0.05, 0.1) is 6.54 Å². The van der Waals surface area contributed by atoms with E-state index in [0.29, 0.717) is 12.6 Å². The lowest BCUT2D eigenvalue weighted by molar-refractivity contribution is -0.121. The Hall–Kier alpha value is -0.610. The molecule has 1 fully saturated rings. The van der Waals surface area contributed by atoms with E-state index < -0.39 is 0 Å². The molecule has 0 aromatic heterocycles. The molecule has 82 valence electrons. The summed E-state index contributed by atoms with van der Waals surface area (Å²) in [6.07, 6.45) is 3.71. The number of hydrogen-bond donors (Lipinski definition) is 2. The van der Waals surface area contributed by atoms with Gasteiger partial charge in [0.2, 0.25) is 5.91 Å². The monoisotopic (exact) mass is 199 g/mol. The highest BCUT2D eigenvalue weighted by molar-refractivity contribution is 5.77. The Morgan fingerprint density at radius 1 is 1.57 bits per heavy atom. The van der Waals surface area contributed by atoms with Crippen molar-refractivity contribution in [3.8, 4) is 0 Å². The van der Waals surface area contributed by atoms with Gasteiger partial charge in [0.1, 0.15) is 0 Å². The van der Waals surface area contributed by atoms with E-state index in [-0.39, 0.29) is 5.91 Å². The quantitative estimate of drug-likeness (QED) is 0.662. The number of amides is 1. The van der Waals surface area contributed by atoms with Crippen molar-refractivity contribution in [1.29, 1.82) is 0 Å². The van der Waals surface area contributed by atoms with Gasteiger partial charge in [-0.3, -0.25) is 9.69 Å². The molecule has 0 aromatic carbocycles. The molecule has 1 saturated heterocycles. The molecule has 1 aliphatic heterocycles. The van der Waals surface area contributed by atoms with E-state index >= 15 is 0 Å². The molecule has 4 heteroatoms. The SMILES string of the molecule is CNC(=O)CN(C)C1CCCCNC1. The highest BCUT2D eigenvalue weighted by atomic mass is 16.1. The van der Waals surface area contributed by atoms with Crippen molar-refractivity contribution in [3.05, 3.63) is 0 Å². The number of hydrogen-bond acceptors (Lipinski definition) is 3. The zero-order chi connectivity index (χ0) is 10.4. The summed E-state index contributed by atoms with van der Waals surface area (Å²) in [7, 11) is 3.70. The number of rotatable bonds is 3. The van der Waals surface area contributed by atoms with Crippen molar-refractivity contribution in [2.24, 2.45) is 0 Å². The second-order valence-corrected chi connectivity index (χ2v) is 3.94. The second kappa shape index (κ2) is 5.98. The van der Waals surface area contributed by atoms with E-state index in [1.165, 1.54) is 19.3 Å². The Morgan fingerprint density at radius 3 is 3.07 bits per heavy atom. The fourth-order valence-electron chi connectivity index (χ4n) is 1.81. The molecule has 1 aliphatic rings. The van der Waals surface area contributed by atoms with E-state index in [2.05, 4.69) is 15.5 Å². The van der Waals surface area contributed by atoms with Crippen LogP contribution in [0.15, 0.2) is 0 Å². The minimum Gasteiger partial charge on any atom is -0.358 e. The molecule has 1 amide bonds. The van der Waals surface area contributed by atoms with Gasteiger partial charge in [-0.15, -0.1) is 0 Å². The summed E-state index contributed by atoms with van der Waals surface area (Å²) < 4.78 is 0. The Labute approximate surface area is 86.0 Å². The van der Waals surface area contributed by atoms with Gasteiger partial charge < -0.3 is 10.6 Å². The summed E-state index contributed by atoms with van der Waals surface area (Å²) in [6.45, 7) is 2.63. The van der Waals surface area contributed by atoms with Gasteiger partial charge in [0.25, 0.3) is 0 Å². The van der Waals surface area contributed by atoms with Crippen LogP contribution in [0, 0.1) is 0 Å². The van der Waals surface area contributed by atoms with E-state index in [1.54, 1.807) is 7.05 Å². The zero-order valence-corrected chi connectivity index (χ0v) is 9.18. The van der Waals surface area contributed by atoms with Crippen molar-refractivity contribution in [3.63, 3.8) is 0 Å². The minimum absolute atomic E-state index is 0.0942. The van der Waals surface area contributed by atoms with Crippen LogP contribution in [-0.4, -0.2) is 50.6 Å². The van der Waals surface area contributed by atoms with Crippen LogP contribution in [-0.2, 0) is 4.79 Å². The molecule has 0 radical (unpaired) electrons. The van der Waals surface area contributed by atoms with Crippen LogP contribution in [0.3, 0.4) is 0 Å². The fraction of sp³-hybridized carbons (Fsp3) is 0.900. The molecule has 0 spiro atoms. The summed E-state index contributed by atoms with van der Waals surface area (Å²) in [6, 6.07) is 0.509. The number of likely N-dealkylation sites (N-methyl/N-ethyl adjacent to an activating group) is 2. The first-order valence-electron chi connectivity index (χ1n) is 5.35. The summed E-state index contributed by atoms with van der Waals surface area (Å²) in [5.74, 6) is 0.0942. The molecular formula is C10H21N3O. The van der Waals surface area contributed by atoms with Gasteiger partial charge in [-0.1, -0.05) is 6.42 Å². The first-order valence-corrected chi connectivity index (χ1v) is 5.35. The highest BCUT2D eigenvalue weighted by Gasteiger charge is 2.17. The smallest absolute Gasteiger partial charge is 0.233 e. The van der Waals surface area contributed by atoms with Gasteiger partial charge in [-0.25, -0.2) is 0 Å². The van der Waals surface area contributed by atoms with Crippen molar-refractivity contribution in [2.45, 2.75) is 25.3 Å². The topological polar surface area (TPSA) is 44.4 Å². The predicted octanol–water partition coefficient (Wildman–Crippen LogP) is -0.194. The summed E-state index contributed by atoms with van der Waals surface area (Å²) >= 11 is 0. The number of nitrogens with zero attached hydrogens (tertiary/aromatic N) is 1. The van der Waals surface area contributed by atoms with E-state index in [9.17, 15) is 4.79 Å². The second-order valence-electron chi connectivity index (χ2n) is 3.94. The number of carbonyl (C=O) groups excluding carboxylic acids is 1. The van der Waals surface area contributed by atoms with Crippen molar-refractivity contribution < 1.29 is 4.79 Å². The molecule has 1 atom stereocenters. The molecule has 4 nitrogen and oxygen atoms in total. The van der Waals surface area contributed by atoms with Gasteiger partial charge >= 0.3 is 0 Å².